The number of hydrogen-bond donors (Lipinski definition) is 0. The van der Waals surface area contributed by atoms with Crippen LogP contribution < -0.4 is 0 Å². The monoisotopic (exact) mass is 396 g/mol. The van der Waals surface area contributed by atoms with Gasteiger partial charge >= 0.3 is 0 Å². The van der Waals surface area contributed by atoms with Gasteiger partial charge in [-0.25, -0.2) is 9.78 Å². The maximum atomic E-state index is 9.55. The van der Waals surface area contributed by atoms with Crippen molar-refractivity contribution in [3.8, 4) is 18.2 Å². The molecule has 1 aliphatic heterocycles. The molecule has 1 heterocycles. The minimum Gasteiger partial charge on any atom is -0.276 e. The van der Waals surface area contributed by atoms with E-state index in [0.717, 1.165) is 11.1 Å². The Morgan fingerprint density at radius 2 is 1.48 bits per heavy atom. The summed E-state index contributed by atoms with van der Waals surface area (Å²) in [6, 6.07) is 14.3. The van der Waals surface area contributed by atoms with Crippen LogP contribution in [-0.4, -0.2) is 23.9 Å². The highest BCUT2D eigenvalue weighted by Crippen LogP contribution is 2.49. The van der Waals surface area contributed by atoms with E-state index < -0.39 is 28.7 Å². The normalized spacial score (nSPS) is 19.4. The molecule has 0 N–H and O–H groups in total. The van der Waals surface area contributed by atoms with Crippen molar-refractivity contribution < 1.29 is 14.6 Å². The van der Waals surface area contributed by atoms with Crippen LogP contribution in [0, 0.1) is 39.4 Å². The summed E-state index contributed by atoms with van der Waals surface area (Å²) in [7, 11) is 0. The number of nitriles is 3. The zero-order chi connectivity index (χ0) is 21.9. The lowest BCUT2D eigenvalue weighted by molar-refractivity contribution is -0.347. The average Bonchev–Trinajstić information content (AvgIpc) is 2.83. The predicted octanol–water partition coefficient (Wildman–Crippen LogP) is 4.08. The fraction of sp³-hybridized carbons (Fsp3) is 0.591. The molecular weight excluding hydrogens is 368 g/mol. The Labute approximate surface area is 172 Å². The third-order valence-electron chi connectivity index (χ3n) is 5.18. The first-order valence-corrected chi connectivity index (χ1v) is 9.55. The summed E-state index contributed by atoms with van der Waals surface area (Å²) in [6.45, 7) is 11.4. The van der Waals surface area contributed by atoms with E-state index in [9.17, 15) is 10.5 Å². The van der Waals surface area contributed by atoms with Crippen molar-refractivity contribution in [2.75, 3.05) is 6.61 Å². The van der Waals surface area contributed by atoms with E-state index in [1.807, 2.05) is 51.0 Å². The van der Waals surface area contributed by atoms with Gasteiger partial charge in [0.15, 0.2) is 12.2 Å². The summed E-state index contributed by atoms with van der Waals surface area (Å²) in [4.78, 5) is 16.3. The predicted molar refractivity (Wildman–Crippen MR) is 105 cm³/mol. The molecule has 0 spiro atoms. The van der Waals surface area contributed by atoms with Crippen molar-refractivity contribution >= 4 is 0 Å². The number of hydrogen-bond acceptors (Lipinski definition) is 7. The molecule has 7 heteroatoms. The maximum Gasteiger partial charge on any atom is 0.191 e. The van der Waals surface area contributed by atoms with Crippen LogP contribution in [0.4, 0.5) is 0 Å². The molecule has 7 nitrogen and oxygen atoms in total. The fourth-order valence-corrected chi connectivity index (χ4v) is 3.74. The highest BCUT2D eigenvalue weighted by Gasteiger charge is 2.51. The summed E-state index contributed by atoms with van der Waals surface area (Å²) < 4.78 is 0. The van der Waals surface area contributed by atoms with Crippen molar-refractivity contribution in [2.24, 2.45) is 5.41 Å². The maximum absolute atomic E-state index is 9.55. The fourth-order valence-electron chi connectivity index (χ4n) is 3.74. The molecule has 0 fully saturated rings. The number of benzene rings is 1. The molecule has 154 valence electrons. The summed E-state index contributed by atoms with van der Waals surface area (Å²) in [5, 5.41) is 29.7. The van der Waals surface area contributed by atoms with Crippen molar-refractivity contribution in [2.45, 2.75) is 71.2 Å². The van der Waals surface area contributed by atoms with Gasteiger partial charge in [0.1, 0.15) is 6.61 Å². The van der Waals surface area contributed by atoms with E-state index in [1.165, 1.54) is 0 Å². The molecule has 0 bridgehead atoms. The average molecular weight is 396 g/mol. The Morgan fingerprint density at radius 1 is 0.966 bits per heavy atom. The molecule has 2 rings (SSSR count). The quantitative estimate of drug-likeness (QED) is 0.482. The lowest BCUT2D eigenvalue weighted by Crippen LogP contribution is -2.48. The molecule has 0 radical (unpaired) electrons. The van der Waals surface area contributed by atoms with Gasteiger partial charge in [-0.2, -0.15) is 20.8 Å². The van der Waals surface area contributed by atoms with E-state index >= 15 is 0 Å². The van der Waals surface area contributed by atoms with Crippen LogP contribution in [0.3, 0.4) is 0 Å². The molecular formula is C22H28N4O3. The molecule has 0 aliphatic carbocycles. The lowest BCUT2D eigenvalue weighted by atomic mass is 9.89. The number of rotatable bonds is 8. The summed E-state index contributed by atoms with van der Waals surface area (Å²) >= 11 is 0. The van der Waals surface area contributed by atoms with E-state index in [1.54, 1.807) is 13.8 Å². The van der Waals surface area contributed by atoms with Gasteiger partial charge in [-0.1, -0.05) is 24.3 Å². The van der Waals surface area contributed by atoms with Crippen LogP contribution >= 0.6 is 0 Å². The second-order valence-corrected chi connectivity index (χ2v) is 8.88. The van der Waals surface area contributed by atoms with Gasteiger partial charge in [0.2, 0.25) is 0 Å². The minimum atomic E-state index is -0.925. The third-order valence-corrected chi connectivity index (χ3v) is 5.18. The Hall–Kier alpha value is -2.47. The Balaban J connectivity index is 2.03. The van der Waals surface area contributed by atoms with Crippen molar-refractivity contribution in [3.05, 3.63) is 35.4 Å². The van der Waals surface area contributed by atoms with Crippen LogP contribution in [0.2, 0.25) is 0 Å². The first-order valence-electron chi connectivity index (χ1n) is 9.55. The molecule has 2 atom stereocenters. The molecule has 0 saturated heterocycles. The van der Waals surface area contributed by atoms with Gasteiger partial charge in [-0.05, 0) is 52.7 Å². The molecule has 0 amide bonds. The molecule has 1 aliphatic rings. The molecule has 1 aromatic carbocycles. The molecule has 2 unspecified atom stereocenters. The Morgan fingerprint density at radius 3 is 1.93 bits per heavy atom. The van der Waals surface area contributed by atoms with E-state index in [2.05, 4.69) is 24.3 Å². The van der Waals surface area contributed by atoms with Gasteiger partial charge in [-0.3, -0.25) is 4.84 Å². The molecule has 29 heavy (non-hydrogen) atoms. The van der Waals surface area contributed by atoms with Crippen molar-refractivity contribution in [3.63, 3.8) is 0 Å². The van der Waals surface area contributed by atoms with E-state index in [0.29, 0.717) is 0 Å². The zero-order valence-electron chi connectivity index (χ0n) is 17.9. The van der Waals surface area contributed by atoms with E-state index in [-0.39, 0.29) is 13.0 Å². The van der Waals surface area contributed by atoms with Crippen LogP contribution in [0.5, 0.6) is 0 Å². The van der Waals surface area contributed by atoms with Gasteiger partial charge in [0.25, 0.3) is 0 Å². The summed E-state index contributed by atoms with van der Waals surface area (Å²) in [5.74, 6) is 0. The molecule has 0 saturated carbocycles. The Bertz CT molecular complexity index is 823. The van der Waals surface area contributed by atoms with E-state index in [4.69, 9.17) is 19.9 Å². The van der Waals surface area contributed by atoms with Gasteiger partial charge < -0.3 is 0 Å². The van der Waals surface area contributed by atoms with Crippen LogP contribution in [-0.2, 0) is 25.7 Å². The second kappa shape index (κ2) is 8.49. The number of nitrogens with zero attached hydrogens (tertiary/aromatic N) is 4. The molecule has 1 aromatic rings. The smallest absolute Gasteiger partial charge is 0.191 e. The van der Waals surface area contributed by atoms with Gasteiger partial charge in [-0.15, -0.1) is 0 Å². The number of hydroxylamine groups is 2. The standard InChI is InChI=1S/C22H28N4O3/c1-20(2,15-25)11-16(12-23)29-27-14-17(13-24)28-26-21(3,4)18-9-7-8-10-19(18)22(26,5)6/h7-10,16-17H,11,14H2,1-6H3. The van der Waals surface area contributed by atoms with Crippen molar-refractivity contribution in [1.82, 2.24) is 5.06 Å². The second-order valence-electron chi connectivity index (χ2n) is 8.88. The van der Waals surface area contributed by atoms with Crippen LogP contribution in [0.1, 0.15) is 59.1 Å². The van der Waals surface area contributed by atoms with Gasteiger partial charge in [0.05, 0.1) is 34.7 Å². The number of fused-ring (bicyclic) bond motifs is 1. The van der Waals surface area contributed by atoms with Crippen LogP contribution in [0.25, 0.3) is 0 Å². The first kappa shape index (κ1) is 22.8. The highest BCUT2D eigenvalue weighted by molar-refractivity contribution is 5.42. The SMILES string of the molecule is CC(C)(C#N)CC(C#N)OOCC(C#N)ON1C(C)(C)c2ccccc2C1(C)C. The highest BCUT2D eigenvalue weighted by atomic mass is 17.2. The largest absolute Gasteiger partial charge is 0.276 e. The van der Waals surface area contributed by atoms with Gasteiger partial charge in [0, 0.05) is 6.42 Å². The summed E-state index contributed by atoms with van der Waals surface area (Å²) in [5.41, 5.74) is 0.679. The minimum absolute atomic E-state index is 0.166. The Kier molecular flexibility index (Phi) is 6.68. The topological polar surface area (TPSA) is 102 Å². The lowest BCUT2D eigenvalue weighted by Gasteiger charge is -2.40. The third kappa shape index (κ3) is 4.75. The first-order chi connectivity index (χ1) is 13.5. The zero-order valence-corrected chi connectivity index (χ0v) is 17.9. The van der Waals surface area contributed by atoms with Crippen molar-refractivity contribution in [1.29, 1.82) is 15.8 Å². The summed E-state index contributed by atoms with van der Waals surface area (Å²) in [6.07, 6.45) is -1.64. The van der Waals surface area contributed by atoms with Crippen LogP contribution in [0.15, 0.2) is 24.3 Å². The molecule has 0 aromatic heterocycles.